The summed E-state index contributed by atoms with van der Waals surface area (Å²) in [6.07, 6.45) is 1.35. The lowest BCUT2D eigenvalue weighted by atomic mass is 10.1. The number of carbonyl (C=O) groups is 2. The van der Waals surface area contributed by atoms with Crippen molar-refractivity contribution in [2.24, 2.45) is 0 Å². The molecule has 0 amide bonds. The van der Waals surface area contributed by atoms with Crippen molar-refractivity contribution in [3.8, 4) is 0 Å². The lowest BCUT2D eigenvalue weighted by Gasteiger charge is -2.05. The summed E-state index contributed by atoms with van der Waals surface area (Å²) >= 11 is 0. The zero-order valence-electron chi connectivity index (χ0n) is 14.5. The summed E-state index contributed by atoms with van der Waals surface area (Å²) in [4.78, 5) is 31.6. The molecule has 0 spiro atoms. The number of nitrogens with one attached hydrogen (secondary N) is 1. The molecule has 3 aromatic rings. The molecule has 0 saturated carbocycles. The van der Waals surface area contributed by atoms with Crippen molar-refractivity contribution in [3.63, 3.8) is 0 Å². The molecule has 1 aromatic carbocycles. The van der Waals surface area contributed by atoms with Crippen molar-refractivity contribution < 1.29 is 23.1 Å². The summed E-state index contributed by atoms with van der Waals surface area (Å²) < 4.78 is 33.2. The van der Waals surface area contributed by atoms with E-state index in [2.05, 4.69) is 9.97 Å². The van der Waals surface area contributed by atoms with Crippen molar-refractivity contribution in [1.29, 1.82) is 0 Å². The van der Waals surface area contributed by atoms with Crippen molar-refractivity contribution in [2.45, 2.75) is 27.3 Å². The first-order valence-electron chi connectivity index (χ1n) is 8.02. The molecule has 0 bridgehead atoms. The van der Waals surface area contributed by atoms with E-state index in [4.69, 9.17) is 4.74 Å². The van der Waals surface area contributed by atoms with Gasteiger partial charge in [-0.25, -0.2) is 18.6 Å². The Morgan fingerprint density at radius 1 is 1.23 bits per heavy atom. The highest BCUT2D eigenvalue weighted by Gasteiger charge is 2.23. The zero-order valence-corrected chi connectivity index (χ0v) is 14.5. The normalized spacial score (nSPS) is 11.1. The smallest absolute Gasteiger partial charge is 0.340 e. The van der Waals surface area contributed by atoms with Gasteiger partial charge in [-0.2, -0.15) is 0 Å². The largest absolute Gasteiger partial charge is 0.462 e. The molecule has 0 aliphatic heterocycles. The van der Waals surface area contributed by atoms with Crippen LogP contribution in [0.1, 0.15) is 39.0 Å². The van der Waals surface area contributed by atoms with Crippen LogP contribution in [0, 0.1) is 25.5 Å². The standard InChI is InChI=1S/C18H17F2N3O3/c1-4-26-18(25)16-9(2)17(22-10(16)3)15(24)7-23-8-21-13-5-11(19)12(20)6-14(13)23/h5-6,8,22H,4,7H2,1-3H3. The van der Waals surface area contributed by atoms with Crippen LogP contribution in [0.3, 0.4) is 0 Å². The van der Waals surface area contributed by atoms with E-state index in [0.717, 1.165) is 12.1 Å². The Kier molecular flexibility index (Phi) is 4.58. The quantitative estimate of drug-likeness (QED) is 0.559. The fourth-order valence-electron chi connectivity index (χ4n) is 2.95. The molecule has 26 heavy (non-hydrogen) atoms. The lowest BCUT2D eigenvalue weighted by molar-refractivity contribution is 0.0525. The van der Waals surface area contributed by atoms with Gasteiger partial charge < -0.3 is 14.3 Å². The molecule has 0 fully saturated rings. The molecule has 1 N–H and O–H groups in total. The van der Waals surface area contributed by atoms with Crippen molar-refractivity contribution in [2.75, 3.05) is 6.61 Å². The predicted molar refractivity (Wildman–Crippen MR) is 90.2 cm³/mol. The monoisotopic (exact) mass is 361 g/mol. The molecule has 8 heteroatoms. The summed E-state index contributed by atoms with van der Waals surface area (Å²) in [5, 5.41) is 0. The number of H-pyrrole nitrogens is 1. The van der Waals surface area contributed by atoms with Crippen molar-refractivity contribution >= 4 is 22.8 Å². The Morgan fingerprint density at radius 2 is 1.92 bits per heavy atom. The lowest BCUT2D eigenvalue weighted by Crippen LogP contribution is -2.12. The Labute approximate surface area is 147 Å². The van der Waals surface area contributed by atoms with Crippen LogP contribution in [0.5, 0.6) is 0 Å². The highest BCUT2D eigenvalue weighted by molar-refractivity contribution is 6.01. The van der Waals surface area contributed by atoms with Crippen molar-refractivity contribution in [3.05, 3.63) is 52.6 Å². The number of ketones is 1. The van der Waals surface area contributed by atoms with Crippen LogP contribution in [-0.2, 0) is 11.3 Å². The molecule has 2 aromatic heterocycles. The molecular formula is C18H17F2N3O3. The first kappa shape index (κ1) is 17.8. The summed E-state index contributed by atoms with van der Waals surface area (Å²) in [5.41, 5.74) is 2.20. The number of halogens is 2. The van der Waals surface area contributed by atoms with Gasteiger partial charge in [0.2, 0.25) is 0 Å². The fourth-order valence-corrected chi connectivity index (χ4v) is 2.95. The second-order valence-corrected chi connectivity index (χ2v) is 5.90. The Morgan fingerprint density at radius 3 is 2.62 bits per heavy atom. The number of rotatable bonds is 5. The zero-order chi connectivity index (χ0) is 19.0. The number of benzene rings is 1. The highest BCUT2D eigenvalue weighted by Crippen LogP contribution is 2.22. The Hall–Kier alpha value is -3.03. The molecule has 0 aliphatic carbocycles. The minimum absolute atomic E-state index is 0.134. The molecule has 2 heterocycles. The van der Waals surface area contributed by atoms with Crippen LogP contribution in [-0.4, -0.2) is 32.9 Å². The number of ether oxygens (including phenoxy) is 1. The number of aromatic amines is 1. The van der Waals surface area contributed by atoms with Gasteiger partial charge >= 0.3 is 5.97 Å². The van der Waals surface area contributed by atoms with E-state index in [1.807, 2.05) is 0 Å². The average molecular weight is 361 g/mol. The maximum atomic E-state index is 13.5. The number of nitrogens with zero attached hydrogens (tertiary/aromatic N) is 2. The van der Waals surface area contributed by atoms with Crippen LogP contribution in [0.15, 0.2) is 18.5 Å². The van der Waals surface area contributed by atoms with Gasteiger partial charge in [-0.15, -0.1) is 0 Å². The number of esters is 1. The number of imidazole rings is 1. The van der Waals surface area contributed by atoms with E-state index < -0.39 is 17.6 Å². The number of carbonyl (C=O) groups excluding carboxylic acids is 2. The van der Waals surface area contributed by atoms with Gasteiger partial charge in [0.15, 0.2) is 17.4 Å². The van der Waals surface area contributed by atoms with Gasteiger partial charge in [0.25, 0.3) is 0 Å². The molecule has 0 unspecified atom stereocenters. The van der Waals surface area contributed by atoms with E-state index in [0.29, 0.717) is 22.3 Å². The SMILES string of the molecule is CCOC(=O)c1c(C)[nH]c(C(=O)Cn2cnc3cc(F)c(F)cc32)c1C. The molecule has 0 atom stereocenters. The molecule has 0 radical (unpaired) electrons. The number of aryl methyl sites for hydroxylation is 1. The highest BCUT2D eigenvalue weighted by atomic mass is 19.2. The summed E-state index contributed by atoms with van der Waals surface area (Å²) in [7, 11) is 0. The summed E-state index contributed by atoms with van der Waals surface area (Å²) in [5.74, 6) is -2.82. The minimum atomic E-state index is -1.01. The predicted octanol–water partition coefficient (Wildman–Crippen LogP) is 3.32. The van der Waals surface area contributed by atoms with Gasteiger partial charge in [-0.05, 0) is 26.3 Å². The van der Waals surface area contributed by atoms with Crippen LogP contribution < -0.4 is 0 Å². The Bertz CT molecular complexity index is 1020. The third kappa shape index (κ3) is 2.98. The molecule has 136 valence electrons. The Balaban J connectivity index is 1.93. The van der Waals surface area contributed by atoms with Gasteiger partial charge in [0, 0.05) is 17.8 Å². The van der Waals surface area contributed by atoms with E-state index in [1.54, 1.807) is 20.8 Å². The number of aromatic nitrogens is 3. The van der Waals surface area contributed by atoms with E-state index >= 15 is 0 Å². The number of Topliss-reactive ketones (excluding diaryl/α,β-unsaturated/α-hetero) is 1. The fraction of sp³-hybridized carbons (Fsp3) is 0.278. The third-order valence-corrected chi connectivity index (χ3v) is 4.17. The van der Waals surface area contributed by atoms with Crippen molar-refractivity contribution in [1.82, 2.24) is 14.5 Å². The molecule has 0 aliphatic rings. The van der Waals surface area contributed by atoms with Gasteiger partial charge in [0.1, 0.15) is 0 Å². The molecule has 0 saturated heterocycles. The van der Waals surface area contributed by atoms with Gasteiger partial charge in [0.05, 0.1) is 41.8 Å². The molecule has 3 rings (SSSR count). The third-order valence-electron chi connectivity index (χ3n) is 4.17. The van der Waals surface area contributed by atoms with Crippen LogP contribution in [0.25, 0.3) is 11.0 Å². The molecule has 6 nitrogen and oxygen atoms in total. The van der Waals surface area contributed by atoms with E-state index in [1.165, 1.54) is 10.9 Å². The number of fused-ring (bicyclic) bond motifs is 1. The number of hydrogen-bond acceptors (Lipinski definition) is 4. The van der Waals surface area contributed by atoms with Crippen LogP contribution in [0.4, 0.5) is 8.78 Å². The van der Waals surface area contributed by atoms with Crippen LogP contribution >= 0.6 is 0 Å². The van der Waals surface area contributed by atoms with E-state index in [-0.39, 0.29) is 30.1 Å². The van der Waals surface area contributed by atoms with E-state index in [9.17, 15) is 18.4 Å². The first-order chi connectivity index (χ1) is 12.3. The first-order valence-corrected chi connectivity index (χ1v) is 8.02. The topological polar surface area (TPSA) is 77.0 Å². The second kappa shape index (κ2) is 6.70. The maximum Gasteiger partial charge on any atom is 0.340 e. The van der Waals surface area contributed by atoms with Gasteiger partial charge in [-0.3, -0.25) is 4.79 Å². The number of hydrogen-bond donors (Lipinski definition) is 1. The minimum Gasteiger partial charge on any atom is -0.462 e. The second-order valence-electron chi connectivity index (χ2n) is 5.90. The van der Waals surface area contributed by atoms with Gasteiger partial charge in [-0.1, -0.05) is 0 Å². The average Bonchev–Trinajstić information content (AvgIpc) is 3.09. The summed E-state index contributed by atoms with van der Waals surface area (Å²) in [6, 6.07) is 1.98. The van der Waals surface area contributed by atoms with Crippen LogP contribution in [0.2, 0.25) is 0 Å². The summed E-state index contributed by atoms with van der Waals surface area (Å²) in [6.45, 7) is 5.14. The molecular weight excluding hydrogens is 344 g/mol. The maximum absolute atomic E-state index is 13.5.